The summed E-state index contributed by atoms with van der Waals surface area (Å²) in [5.74, 6) is 0. The smallest absolute Gasteiger partial charge is 0.110 e. The van der Waals surface area contributed by atoms with Crippen LogP contribution in [0.25, 0.3) is 0 Å². The van der Waals surface area contributed by atoms with Gasteiger partial charge in [-0.15, -0.1) is 0 Å². The van der Waals surface area contributed by atoms with Gasteiger partial charge in [0.1, 0.15) is 6.10 Å². The molecule has 2 nitrogen and oxygen atoms in total. The zero-order valence-corrected chi connectivity index (χ0v) is 6.00. The number of rotatable bonds is 3. The monoisotopic (exact) mass is 130 g/mol. The average Bonchev–Trinajstić information content (AvgIpc) is 2.47. The van der Waals surface area contributed by atoms with E-state index in [2.05, 4.69) is 6.92 Å². The van der Waals surface area contributed by atoms with Gasteiger partial charge in [0.15, 0.2) is 0 Å². The molecule has 0 aromatic rings. The van der Waals surface area contributed by atoms with E-state index in [1.807, 2.05) is 0 Å². The lowest BCUT2D eigenvalue weighted by Crippen LogP contribution is -2.11. The third kappa shape index (κ3) is 1.66. The van der Waals surface area contributed by atoms with Gasteiger partial charge >= 0.3 is 0 Å². The van der Waals surface area contributed by atoms with Gasteiger partial charge < -0.3 is 9.84 Å². The summed E-state index contributed by atoms with van der Waals surface area (Å²) in [7, 11) is 0. The molecule has 1 unspecified atom stereocenters. The van der Waals surface area contributed by atoms with E-state index in [4.69, 9.17) is 9.84 Å². The fourth-order valence-electron chi connectivity index (χ4n) is 1.10. The summed E-state index contributed by atoms with van der Waals surface area (Å²) in [6.07, 6.45) is 2.46. The molecule has 0 spiro atoms. The molecule has 0 aromatic heterocycles. The Morgan fingerprint density at radius 1 is 1.67 bits per heavy atom. The molecule has 1 N–H and O–H groups in total. The van der Waals surface area contributed by atoms with Crippen molar-refractivity contribution in [2.24, 2.45) is 0 Å². The van der Waals surface area contributed by atoms with Gasteiger partial charge in [0.2, 0.25) is 0 Å². The van der Waals surface area contributed by atoms with Crippen LogP contribution in [0.1, 0.15) is 26.7 Å². The first-order valence-corrected chi connectivity index (χ1v) is 3.59. The molecule has 0 aliphatic carbocycles. The van der Waals surface area contributed by atoms with Crippen LogP contribution in [0, 0.1) is 0 Å². The van der Waals surface area contributed by atoms with Crippen LogP contribution in [0.5, 0.6) is 0 Å². The Morgan fingerprint density at radius 3 is 2.67 bits per heavy atom. The number of epoxide rings is 1. The summed E-state index contributed by atoms with van der Waals surface area (Å²) in [4.78, 5) is 0. The maximum absolute atomic E-state index is 8.96. The number of aliphatic hydroxyl groups excluding tert-OH is 1. The molecule has 0 bridgehead atoms. The summed E-state index contributed by atoms with van der Waals surface area (Å²) in [5, 5.41) is 8.96. The number of aliphatic hydroxyl groups is 1. The molecule has 1 rings (SSSR count). The van der Waals surface area contributed by atoms with Crippen LogP contribution in [0.4, 0.5) is 0 Å². The fourth-order valence-corrected chi connectivity index (χ4v) is 1.10. The van der Waals surface area contributed by atoms with Crippen molar-refractivity contribution in [3.8, 4) is 0 Å². The number of ether oxygens (including phenoxy) is 1. The highest BCUT2D eigenvalue weighted by atomic mass is 16.6. The lowest BCUT2D eigenvalue weighted by Gasteiger charge is -1.94. The summed E-state index contributed by atoms with van der Waals surface area (Å²) in [6.45, 7) is 3.90. The molecule has 1 heterocycles. The minimum atomic E-state index is -0.276. The zero-order chi connectivity index (χ0) is 6.85. The minimum Gasteiger partial charge on any atom is -0.391 e. The van der Waals surface area contributed by atoms with Gasteiger partial charge in [0.05, 0.1) is 12.2 Å². The van der Waals surface area contributed by atoms with Crippen LogP contribution in [0.3, 0.4) is 0 Å². The van der Waals surface area contributed by atoms with E-state index < -0.39 is 0 Å². The van der Waals surface area contributed by atoms with Gasteiger partial charge in [-0.2, -0.15) is 0 Å². The fraction of sp³-hybridized carbons (Fsp3) is 1.00. The van der Waals surface area contributed by atoms with Crippen LogP contribution < -0.4 is 0 Å². The second-order valence-electron chi connectivity index (χ2n) is 2.67. The SMILES string of the molecule is CCC[C@@H]1O[C@H]1C(C)O. The maximum Gasteiger partial charge on any atom is 0.110 e. The Bertz CT molecular complexity index is 90.9. The summed E-state index contributed by atoms with van der Waals surface area (Å²) in [5.41, 5.74) is 0. The third-order valence-corrected chi connectivity index (χ3v) is 1.67. The number of hydrogen-bond donors (Lipinski definition) is 1. The molecule has 1 saturated heterocycles. The lowest BCUT2D eigenvalue weighted by atomic mass is 10.1. The third-order valence-electron chi connectivity index (χ3n) is 1.67. The van der Waals surface area contributed by atoms with Crippen LogP contribution in [-0.2, 0) is 4.74 Å². The van der Waals surface area contributed by atoms with E-state index >= 15 is 0 Å². The van der Waals surface area contributed by atoms with Crippen molar-refractivity contribution in [2.75, 3.05) is 0 Å². The van der Waals surface area contributed by atoms with Gasteiger partial charge in [0.25, 0.3) is 0 Å². The van der Waals surface area contributed by atoms with Crippen LogP contribution in [0.15, 0.2) is 0 Å². The minimum absolute atomic E-state index is 0.143. The molecule has 54 valence electrons. The second-order valence-corrected chi connectivity index (χ2v) is 2.67. The van der Waals surface area contributed by atoms with Crippen molar-refractivity contribution >= 4 is 0 Å². The molecule has 0 saturated carbocycles. The van der Waals surface area contributed by atoms with Gasteiger partial charge in [-0.05, 0) is 13.3 Å². The molecule has 0 amide bonds. The van der Waals surface area contributed by atoms with Gasteiger partial charge in [-0.1, -0.05) is 13.3 Å². The zero-order valence-electron chi connectivity index (χ0n) is 6.00. The standard InChI is InChI=1S/C7H14O2/c1-3-4-6-7(9-6)5(2)8/h5-8H,3-4H2,1-2H3/t5?,6-,7-/m0/s1. The van der Waals surface area contributed by atoms with Crippen LogP contribution in [0.2, 0.25) is 0 Å². The Labute approximate surface area is 55.8 Å². The highest BCUT2D eigenvalue weighted by Crippen LogP contribution is 2.28. The summed E-state index contributed by atoms with van der Waals surface area (Å²) in [6, 6.07) is 0. The van der Waals surface area contributed by atoms with Crippen molar-refractivity contribution in [3.63, 3.8) is 0 Å². The largest absolute Gasteiger partial charge is 0.391 e. The second kappa shape index (κ2) is 2.67. The van der Waals surface area contributed by atoms with E-state index in [9.17, 15) is 0 Å². The van der Waals surface area contributed by atoms with Crippen molar-refractivity contribution in [1.82, 2.24) is 0 Å². The molecule has 1 fully saturated rings. The van der Waals surface area contributed by atoms with E-state index in [1.54, 1.807) is 6.92 Å². The van der Waals surface area contributed by atoms with Gasteiger partial charge in [-0.25, -0.2) is 0 Å². The van der Waals surface area contributed by atoms with Crippen LogP contribution >= 0.6 is 0 Å². The molecular weight excluding hydrogens is 116 g/mol. The highest BCUT2D eigenvalue weighted by molar-refractivity contribution is 4.87. The molecule has 1 aliphatic heterocycles. The van der Waals surface area contributed by atoms with Gasteiger partial charge in [-0.3, -0.25) is 0 Å². The molecule has 0 aromatic carbocycles. The summed E-state index contributed by atoms with van der Waals surface area (Å²) < 4.78 is 5.17. The first-order chi connectivity index (χ1) is 4.25. The highest BCUT2D eigenvalue weighted by Gasteiger charge is 2.41. The number of hydrogen-bond acceptors (Lipinski definition) is 2. The van der Waals surface area contributed by atoms with Crippen molar-refractivity contribution in [2.45, 2.75) is 45.0 Å². The van der Waals surface area contributed by atoms with E-state index in [0.717, 1.165) is 12.8 Å². The van der Waals surface area contributed by atoms with E-state index in [-0.39, 0.29) is 12.2 Å². The molecule has 3 atom stereocenters. The predicted molar refractivity (Wildman–Crippen MR) is 35.2 cm³/mol. The topological polar surface area (TPSA) is 32.8 Å². The molecule has 2 heteroatoms. The molecule has 0 radical (unpaired) electrons. The first-order valence-electron chi connectivity index (χ1n) is 3.59. The quantitative estimate of drug-likeness (QED) is 0.576. The average molecular weight is 130 g/mol. The first kappa shape index (κ1) is 7.03. The Hall–Kier alpha value is -0.0800. The maximum atomic E-state index is 8.96. The lowest BCUT2D eigenvalue weighted by molar-refractivity contribution is 0.152. The Kier molecular flexibility index (Phi) is 2.09. The normalized spacial score (nSPS) is 36.3. The van der Waals surface area contributed by atoms with E-state index in [0.29, 0.717) is 6.10 Å². The molecular formula is C7H14O2. The van der Waals surface area contributed by atoms with Crippen molar-refractivity contribution < 1.29 is 9.84 Å². The Morgan fingerprint density at radius 2 is 2.33 bits per heavy atom. The predicted octanol–water partition coefficient (Wildman–Crippen LogP) is 0.935. The van der Waals surface area contributed by atoms with Crippen molar-refractivity contribution in [3.05, 3.63) is 0 Å². The Balaban J connectivity index is 2.09. The molecule has 1 aliphatic rings. The molecule has 9 heavy (non-hydrogen) atoms. The summed E-state index contributed by atoms with van der Waals surface area (Å²) >= 11 is 0. The van der Waals surface area contributed by atoms with Gasteiger partial charge in [0, 0.05) is 0 Å². The van der Waals surface area contributed by atoms with Crippen LogP contribution in [-0.4, -0.2) is 23.4 Å². The van der Waals surface area contributed by atoms with Crippen molar-refractivity contribution in [1.29, 1.82) is 0 Å². The van der Waals surface area contributed by atoms with E-state index in [1.165, 1.54) is 0 Å².